The highest BCUT2D eigenvalue weighted by Gasteiger charge is 2.15. The Balaban J connectivity index is 2.78. The molecule has 0 aliphatic rings. The molecule has 0 bridgehead atoms. The van der Waals surface area contributed by atoms with Crippen LogP contribution in [0.4, 0.5) is 5.69 Å². The van der Waals surface area contributed by atoms with Crippen molar-refractivity contribution in [3.05, 3.63) is 24.0 Å². The zero-order valence-electron chi connectivity index (χ0n) is 9.97. The number of carbonyl (C=O) groups is 1. The average molecular weight is 222 g/mol. The number of hydrogen-bond donors (Lipinski definition) is 1. The molecule has 4 nitrogen and oxygen atoms in total. The number of aromatic nitrogens is 1. The molecular formula is C12H18N2O2. The lowest BCUT2D eigenvalue weighted by molar-refractivity contribution is -0.140. The van der Waals surface area contributed by atoms with E-state index in [1.165, 1.54) is 0 Å². The molecule has 88 valence electrons. The maximum absolute atomic E-state index is 10.8. The Hall–Kier alpha value is -1.58. The molecule has 0 aliphatic heterocycles. The summed E-state index contributed by atoms with van der Waals surface area (Å²) in [6.07, 6.45) is 1.75. The predicted molar refractivity (Wildman–Crippen MR) is 63.7 cm³/mol. The number of pyridine rings is 1. The van der Waals surface area contributed by atoms with Crippen LogP contribution < -0.4 is 4.90 Å². The van der Waals surface area contributed by atoms with Crippen LogP contribution in [0, 0.1) is 12.8 Å². The van der Waals surface area contributed by atoms with Gasteiger partial charge in [-0.15, -0.1) is 0 Å². The standard InChI is InChI=1S/C12H18N2O2/c1-4-14(8-9(2)12(15)16)11-5-6-13-10(3)7-11/h5-7,9H,4,8H2,1-3H3,(H,15,16). The molecule has 0 aromatic carbocycles. The fraction of sp³-hybridized carbons (Fsp3) is 0.500. The van der Waals surface area contributed by atoms with Crippen LogP contribution >= 0.6 is 0 Å². The highest BCUT2D eigenvalue weighted by molar-refractivity contribution is 5.70. The lowest BCUT2D eigenvalue weighted by Gasteiger charge is -2.25. The second kappa shape index (κ2) is 5.49. The van der Waals surface area contributed by atoms with Gasteiger partial charge in [0.15, 0.2) is 0 Å². The smallest absolute Gasteiger partial charge is 0.308 e. The molecule has 0 saturated carbocycles. The van der Waals surface area contributed by atoms with Crippen LogP contribution in [-0.4, -0.2) is 29.1 Å². The van der Waals surface area contributed by atoms with Gasteiger partial charge in [0, 0.05) is 30.7 Å². The molecule has 1 heterocycles. The Bertz CT molecular complexity index is 366. The summed E-state index contributed by atoms with van der Waals surface area (Å²) in [6, 6.07) is 3.88. The molecule has 16 heavy (non-hydrogen) atoms. The number of nitrogens with zero attached hydrogens (tertiary/aromatic N) is 2. The van der Waals surface area contributed by atoms with E-state index in [0.717, 1.165) is 17.9 Å². The van der Waals surface area contributed by atoms with E-state index >= 15 is 0 Å². The molecule has 0 spiro atoms. The van der Waals surface area contributed by atoms with Crippen molar-refractivity contribution < 1.29 is 9.90 Å². The van der Waals surface area contributed by atoms with Gasteiger partial charge in [-0.05, 0) is 26.0 Å². The van der Waals surface area contributed by atoms with E-state index in [4.69, 9.17) is 5.11 Å². The van der Waals surface area contributed by atoms with E-state index in [0.29, 0.717) is 6.54 Å². The summed E-state index contributed by atoms with van der Waals surface area (Å²) in [5.41, 5.74) is 1.97. The summed E-state index contributed by atoms with van der Waals surface area (Å²) in [4.78, 5) is 17.0. The van der Waals surface area contributed by atoms with Gasteiger partial charge < -0.3 is 10.0 Å². The fourth-order valence-electron chi connectivity index (χ4n) is 1.55. The molecule has 1 unspecified atom stereocenters. The van der Waals surface area contributed by atoms with E-state index in [-0.39, 0.29) is 5.92 Å². The maximum atomic E-state index is 10.8. The summed E-state index contributed by atoms with van der Waals surface area (Å²) < 4.78 is 0. The second-order valence-corrected chi connectivity index (χ2v) is 3.93. The van der Waals surface area contributed by atoms with Crippen LogP contribution in [0.1, 0.15) is 19.5 Å². The predicted octanol–water partition coefficient (Wildman–Crippen LogP) is 1.94. The van der Waals surface area contributed by atoms with Gasteiger partial charge in [0.1, 0.15) is 0 Å². The van der Waals surface area contributed by atoms with E-state index in [1.54, 1.807) is 13.1 Å². The molecule has 0 aliphatic carbocycles. The number of aliphatic carboxylic acids is 1. The number of anilines is 1. The quantitative estimate of drug-likeness (QED) is 0.827. The molecule has 4 heteroatoms. The molecule has 0 saturated heterocycles. The van der Waals surface area contributed by atoms with Crippen molar-refractivity contribution in [2.75, 3.05) is 18.0 Å². The normalized spacial score (nSPS) is 12.2. The zero-order chi connectivity index (χ0) is 12.1. The van der Waals surface area contributed by atoms with E-state index in [1.807, 2.05) is 30.9 Å². The summed E-state index contributed by atoms with van der Waals surface area (Å²) in [6.45, 7) is 6.98. The monoisotopic (exact) mass is 222 g/mol. The summed E-state index contributed by atoms with van der Waals surface area (Å²) in [5, 5.41) is 8.89. The molecule has 1 N–H and O–H groups in total. The Morgan fingerprint density at radius 2 is 2.31 bits per heavy atom. The van der Waals surface area contributed by atoms with Crippen molar-refractivity contribution in [2.45, 2.75) is 20.8 Å². The second-order valence-electron chi connectivity index (χ2n) is 3.93. The number of rotatable bonds is 5. The first-order valence-corrected chi connectivity index (χ1v) is 5.45. The van der Waals surface area contributed by atoms with Crippen molar-refractivity contribution >= 4 is 11.7 Å². The van der Waals surface area contributed by atoms with Gasteiger partial charge in [-0.3, -0.25) is 9.78 Å². The zero-order valence-corrected chi connectivity index (χ0v) is 9.97. The van der Waals surface area contributed by atoms with E-state index in [2.05, 4.69) is 4.98 Å². The molecule has 0 radical (unpaired) electrons. The van der Waals surface area contributed by atoms with Crippen molar-refractivity contribution in [1.29, 1.82) is 0 Å². The first-order chi connectivity index (χ1) is 7.54. The van der Waals surface area contributed by atoms with Crippen LogP contribution in [-0.2, 0) is 4.79 Å². The van der Waals surface area contributed by atoms with Crippen molar-refractivity contribution in [1.82, 2.24) is 4.98 Å². The van der Waals surface area contributed by atoms with Crippen LogP contribution in [0.15, 0.2) is 18.3 Å². The Labute approximate surface area is 95.9 Å². The molecule has 0 amide bonds. The third-order valence-corrected chi connectivity index (χ3v) is 2.54. The highest BCUT2D eigenvalue weighted by Crippen LogP contribution is 2.15. The third-order valence-electron chi connectivity index (χ3n) is 2.54. The maximum Gasteiger partial charge on any atom is 0.308 e. The summed E-state index contributed by atoms with van der Waals surface area (Å²) >= 11 is 0. The number of carboxylic acids is 1. The minimum Gasteiger partial charge on any atom is -0.481 e. The highest BCUT2D eigenvalue weighted by atomic mass is 16.4. The van der Waals surface area contributed by atoms with Crippen LogP contribution in [0.2, 0.25) is 0 Å². The van der Waals surface area contributed by atoms with Crippen molar-refractivity contribution in [2.24, 2.45) is 5.92 Å². The number of aryl methyl sites for hydroxylation is 1. The largest absolute Gasteiger partial charge is 0.481 e. The van der Waals surface area contributed by atoms with Crippen LogP contribution in [0.25, 0.3) is 0 Å². The van der Waals surface area contributed by atoms with Crippen LogP contribution in [0.3, 0.4) is 0 Å². The molecule has 1 aromatic heterocycles. The van der Waals surface area contributed by atoms with Gasteiger partial charge in [0.05, 0.1) is 5.92 Å². The van der Waals surface area contributed by atoms with Gasteiger partial charge >= 0.3 is 5.97 Å². The van der Waals surface area contributed by atoms with E-state index in [9.17, 15) is 4.79 Å². The average Bonchev–Trinajstić information content (AvgIpc) is 2.25. The lowest BCUT2D eigenvalue weighted by atomic mass is 10.1. The summed E-state index contributed by atoms with van der Waals surface area (Å²) in [5.74, 6) is -1.13. The fourth-order valence-corrected chi connectivity index (χ4v) is 1.55. The number of carboxylic acid groups (broad SMARTS) is 1. The van der Waals surface area contributed by atoms with Gasteiger partial charge in [-0.2, -0.15) is 0 Å². The number of hydrogen-bond acceptors (Lipinski definition) is 3. The van der Waals surface area contributed by atoms with Gasteiger partial charge in [0.25, 0.3) is 0 Å². The molecular weight excluding hydrogens is 204 g/mol. The van der Waals surface area contributed by atoms with E-state index < -0.39 is 5.97 Å². The lowest BCUT2D eigenvalue weighted by Crippen LogP contribution is -2.31. The van der Waals surface area contributed by atoms with Crippen molar-refractivity contribution in [3.8, 4) is 0 Å². The Morgan fingerprint density at radius 1 is 1.62 bits per heavy atom. The summed E-state index contributed by atoms with van der Waals surface area (Å²) in [7, 11) is 0. The Morgan fingerprint density at radius 3 is 2.81 bits per heavy atom. The minimum absolute atomic E-state index is 0.367. The van der Waals surface area contributed by atoms with Gasteiger partial charge in [-0.25, -0.2) is 0 Å². The molecule has 1 aromatic rings. The first kappa shape index (κ1) is 12.5. The van der Waals surface area contributed by atoms with Gasteiger partial charge in [-0.1, -0.05) is 6.92 Å². The molecule has 1 atom stereocenters. The minimum atomic E-state index is -0.760. The molecule has 0 fully saturated rings. The third kappa shape index (κ3) is 3.22. The topological polar surface area (TPSA) is 53.4 Å². The molecule has 1 rings (SSSR count). The van der Waals surface area contributed by atoms with Crippen molar-refractivity contribution in [3.63, 3.8) is 0 Å². The van der Waals surface area contributed by atoms with Gasteiger partial charge in [0.2, 0.25) is 0 Å². The SMILES string of the molecule is CCN(CC(C)C(=O)O)c1ccnc(C)c1. The van der Waals surface area contributed by atoms with Crippen LogP contribution in [0.5, 0.6) is 0 Å². The first-order valence-electron chi connectivity index (χ1n) is 5.45. The Kier molecular flexibility index (Phi) is 4.28.